The number of hydrogen-bond donors (Lipinski definition) is 1. The van der Waals surface area contributed by atoms with Crippen LogP contribution in [-0.4, -0.2) is 5.11 Å². The van der Waals surface area contributed by atoms with Gasteiger partial charge in [0.05, 0.1) is 0 Å². The van der Waals surface area contributed by atoms with Gasteiger partial charge in [0.25, 0.3) is 0 Å². The van der Waals surface area contributed by atoms with Crippen LogP contribution in [0.3, 0.4) is 0 Å². The molecule has 1 aliphatic rings. The fourth-order valence-corrected chi connectivity index (χ4v) is 4.98. The Bertz CT molecular complexity index is 967. The summed E-state index contributed by atoms with van der Waals surface area (Å²) in [6.45, 7) is 2.28. The van der Waals surface area contributed by atoms with Gasteiger partial charge in [0.1, 0.15) is 11.6 Å². The zero-order valence-corrected chi connectivity index (χ0v) is 18.5. The van der Waals surface area contributed by atoms with Crippen molar-refractivity contribution >= 4 is 0 Å². The molecule has 31 heavy (non-hydrogen) atoms. The fourth-order valence-electron chi connectivity index (χ4n) is 4.98. The molecule has 0 aliphatic heterocycles. The van der Waals surface area contributed by atoms with E-state index in [1.165, 1.54) is 56.9 Å². The lowest BCUT2D eigenvalue weighted by Gasteiger charge is -2.29. The number of unbranched alkanes of at least 4 members (excludes halogenated alkanes) is 2. The third-order valence-electron chi connectivity index (χ3n) is 6.93. The Hall–Kier alpha value is -2.61. The van der Waals surface area contributed by atoms with E-state index >= 15 is 0 Å². The molecule has 1 nitrogen and oxygen atoms in total. The second-order valence-electron chi connectivity index (χ2n) is 9.08. The predicted molar refractivity (Wildman–Crippen MR) is 128 cm³/mol. The Balaban J connectivity index is 1.40. The standard InChI is InChI=1S/C29H33FO/c1-2-3-4-5-21-6-8-22(9-7-21)23-10-12-24(13-11-23)26-16-19-28(29(30)20-26)25-14-17-27(31)18-15-25/h10-22,31H,2-9H2,1H3. The van der Waals surface area contributed by atoms with Gasteiger partial charge in [0.15, 0.2) is 0 Å². The van der Waals surface area contributed by atoms with E-state index in [0.717, 1.165) is 22.6 Å². The van der Waals surface area contributed by atoms with E-state index in [4.69, 9.17) is 0 Å². The first-order valence-corrected chi connectivity index (χ1v) is 11.8. The predicted octanol–water partition coefficient (Wildman–Crippen LogP) is 8.72. The normalized spacial score (nSPS) is 18.8. The smallest absolute Gasteiger partial charge is 0.131 e. The van der Waals surface area contributed by atoms with Crippen LogP contribution in [0, 0.1) is 11.7 Å². The van der Waals surface area contributed by atoms with Crippen LogP contribution in [0.4, 0.5) is 4.39 Å². The molecular formula is C29H33FO. The van der Waals surface area contributed by atoms with Gasteiger partial charge in [-0.2, -0.15) is 0 Å². The third kappa shape index (κ3) is 5.36. The third-order valence-corrected chi connectivity index (χ3v) is 6.93. The van der Waals surface area contributed by atoms with Crippen LogP contribution in [0.15, 0.2) is 66.7 Å². The second kappa shape index (κ2) is 10.1. The van der Waals surface area contributed by atoms with Gasteiger partial charge in [-0.1, -0.05) is 81.1 Å². The fraction of sp³-hybridized carbons (Fsp3) is 0.379. The van der Waals surface area contributed by atoms with E-state index in [1.54, 1.807) is 30.3 Å². The molecule has 3 aromatic rings. The zero-order valence-electron chi connectivity index (χ0n) is 18.5. The lowest BCUT2D eigenvalue weighted by Crippen LogP contribution is -2.13. The molecule has 0 heterocycles. The number of benzene rings is 3. The van der Waals surface area contributed by atoms with Crippen LogP contribution in [0.25, 0.3) is 22.3 Å². The molecule has 0 aromatic heterocycles. The summed E-state index contributed by atoms with van der Waals surface area (Å²) >= 11 is 0. The lowest BCUT2D eigenvalue weighted by atomic mass is 9.77. The molecule has 4 rings (SSSR count). The van der Waals surface area contributed by atoms with E-state index in [0.29, 0.717) is 11.5 Å². The number of phenols is 1. The maximum Gasteiger partial charge on any atom is 0.131 e. The first-order valence-electron chi connectivity index (χ1n) is 11.8. The minimum Gasteiger partial charge on any atom is -0.508 e. The molecule has 0 amide bonds. The molecule has 1 N–H and O–H groups in total. The maximum atomic E-state index is 14.8. The van der Waals surface area contributed by atoms with Crippen LogP contribution >= 0.6 is 0 Å². The van der Waals surface area contributed by atoms with Gasteiger partial charge in [-0.25, -0.2) is 4.39 Å². The molecule has 0 radical (unpaired) electrons. The Labute approximate surface area is 186 Å². The zero-order chi connectivity index (χ0) is 21.6. The molecule has 0 spiro atoms. The minimum absolute atomic E-state index is 0.186. The van der Waals surface area contributed by atoms with Gasteiger partial charge in [-0.15, -0.1) is 0 Å². The van der Waals surface area contributed by atoms with Crippen molar-refractivity contribution < 1.29 is 9.50 Å². The highest BCUT2D eigenvalue weighted by Crippen LogP contribution is 2.38. The van der Waals surface area contributed by atoms with Crippen molar-refractivity contribution in [1.82, 2.24) is 0 Å². The highest BCUT2D eigenvalue weighted by atomic mass is 19.1. The number of halogens is 1. The van der Waals surface area contributed by atoms with Crippen LogP contribution in [-0.2, 0) is 0 Å². The molecule has 162 valence electrons. The Morgan fingerprint density at radius 2 is 1.42 bits per heavy atom. The molecule has 3 aromatic carbocycles. The van der Waals surface area contributed by atoms with Crippen LogP contribution in [0.1, 0.15) is 69.8 Å². The number of rotatable bonds is 7. The van der Waals surface area contributed by atoms with Gasteiger partial charge in [0.2, 0.25) is 0 Å². The summed E-state index contributed by atoms with van der Waals surface area (Å²) in [5, 5.41) is 9.45. The van der Waals surface area contributed by atoms with Gasteiger partial charge < -0.3 is 5.11 Å². The van der Waals surface area contributed by atoms with Gasteiger partial charge in [0, 0.05) is 5.56 Å². The number of hydrogen-bond acceptors (Lipinski definition) is 1. The van der Waals surface area contributed by atoms with Gasteiger partial charge in [-0.05, 0) is 78.0 Å². The van der Waals surface area contributed by atoms with Crippen LogP contribution in [0.5, 0.6) is 5.75 Å². The highest BCUT2D eigenvalue weighted by Gasteiger charge is 2.22. The van der Waals surface area contributed by atoms with Crippen molar-refractivity contribution in [2.75, 3.05) is 0 Å². The monoisotopic (exact) mass is 416 g/mol. The molecular weight excluding hydrogens is 383 g/mol. The van der Waals surface area contributed by atoms with Crippen molar-refractivity contribution in [1.29, 1.82) is 0 Å². The van der Waals surface area contributed by atoms with E-state index in [-0.39, 0.29) is 11.6 Å². The van der Waals surface area contributed by atoms with Crippen LogP contribution < -0.4 is 0 Å². The van der Waals surface area contributed by atoms with E-state index < -0.39 is 0 Å². The van der Waals surface area contributed by atoms with Gasteiger partial charge >= 0.3 is 0 Å². The van der Waals surface area contributed by atoms with Gasteiger partial charge in [-0.3, -0.25) is 0 Å². The topological polar surface area (TPSA) is 20.2 Å². The Morgan fingerprint density at radius 3 is 2.06 bits per heavy atom. The average Bonchev–Trinajstić information content (AvgIpc) is 2.81. The van der Waals surface area contributed by atoms with E-state index in [2.05, 4.69) is 31.2 Å². The summed E-state index contributed by atoms with van der Waals surface area (Å²) in [7, 11) is 0. The van der Waals surface area contributed by atoms with Crippen molar-refractivity contribution in [3.8, 4) is 28.0 Å². The quantitative estimate of drug-likeness (QED) is 0.382. The summed E-state index contributed by atoms with van der Waals surface area (Å²) in [5.74, 6) is 1.54. The summed E-state index contributed by atoms with van der Waals surface area (Å²) < 4.78 is 14.8. The summed E-state index contributed by atoms with van der Waals surface area (Å²) in [4.78, 5) is 0. The van der Waals surface area contributed by atoms with Crippen molar-refractivity contribution in [3.05, 3.63) is 78.1 Å². The molecule has 0 atom stereocenters. The molecule has 0 unspecified atom stereocenters. The SMILES string of the molecule is CCCCCC1CCC(c2ccc(-c3ccc(-c4ccc(O)cc4)c(F)c3)cc2)CC1. The minimum atomic E-state index is -0.242. The average molecular weight is 417 g/mol. The van der Waals surface area contributed by atoms with E-state index in [1.807, 2.05) is 12.1 Å². The molecule has 1 fully saturated rings. The van der Waals surface area contributed by atoms with E-state index in [9.17, 15) is 9.50 Å². The summed E-state index contributed by atoms with van der Waals surface area (Å²) in [5.41, 5.74) is 4.69. The Morgan fingerprint density at radius 1 is 0.774 bits per heavy atom. The molecule has 0 bridgehead atoms. The summed E-state index contributed by atoms with van der Waals surface area (Å²) in [6.07, 6.45) is 10.8. The number of aromatic hydroxyl groups is 1. The second-order valence-corrected chi connectivity index (χ2v) is 9.08. The highest BCUT2D eigenvalue weighted by molar-refractivity contribution is 5.71. The van der Waals surface area contributed by atoms with Crippen molar-refractivity contribution in [2.45, 2.75) is 64.2 Å². The molecule has 2 heteroatoms. The van der Waals surface area contributed by atoms with Crippen molar-refractivity contribution in [2.24, 2.45) is 5.92 Å². The molecule has 1 saturated carbocycles. The van der Waals surface area contributed by atoms with Crippen molar-refractivity contribution in [3.63, 3.8) is 0 Å². The molecule has 1 aliphatic carbocycles. The first kappa shape index (κ1) is 21.6. The number of phenolic OH excluding ortho intramolecular Hbond substituents is 1. The largest absolute Gasteiger partial charge is 0.508 e. The van der Waals surface area contributed by atoms with Crippen LogP contribution in [0.2, 0.25) is 0 Å². The molecule has 0 saturated heterocycles. The Kier molecular flexibility index (Phi) is 7.06. The first-order chi connectivity index (χ1) is 15.1. The summed E-state index contributed by atoms with van der Waals surface area (Å²) in [6, 6.07) is 20.8. The maximum absolute atomic E-state index is 14.8. The lowest BCUT2D eigenvalue weighted by molar-refractivity contribution is 0.303.